The summed E-state index contributed by atoms with van der Waals surface area (Å²) in [6, 6.07) is 6.19. The maximum absolute atomic E-state index is 14.1. The summed E-state index contributed by atoms with van der Waals surface area (Å²) in [5.41, 5.74) is 5.85. The Labute approximate surface area is 209 Å². The smallest absolute Gasteiger partial charge is 0.268 e. The Morgan fingerprint density at radius 3 is 2.62 bits per heavy atom. The van der Waals surface area contributed by atoms with Crippen LogP contribution >= 0.6 is 0 Å². The van der Waals surface area contributed by atoms with Gasteiger partial charge in [0.05, 0.1) is 17.1 Å². The molecule has 8 nitrogen and oxygen atoms in total. The minimum absolute atomic E-state index is 0.0604. The maximum atomic E-state index is 14.1. The second kappa shape index (κ2) is 8.34. The molecule has 2 aromatic carbocycles. The number of benzene rings is 2. The van der Waals surface area contributed by atoms with E-state index >= 15 is 0 Å². The lowest BCUT2D eigenvalue weighted by molar-refractivity contribution is -0.134. The predicted molar refractivity (Wildman–Crippen MR) is 128 cm³/mol. The summed E-state index contributed by atoms with van der Waals surface area (Å²) < 4.78 is 42.3. The molecule has 2 fully saturated rings. The molecule has 192 valence electrons. The fraction of sp³-hybridized carbons (Fsp3) is 0.346. The maximum Gasteiger partial charge on any atom is 0.268 e. The fourth-order valence-corrected chi connectivity index (χ4v) is 5.54. The number of H-pyrrole nitrogens is 1. The fourth-order valence-electron chi connectivity index (χ4n) is 5.54. The molecule has 1 spiro atoms. The zero-order valence-corrected chi connectivity index (χ0v) is 19.6. The molecular weight excluding hydrogens is 487 g/mol. The molecule has 3 aliphatic rings. The number of carbonyl (C=O) groups excluding carboxylic acids is 3. The van der Waals surface area contributed by atoms with Gasteiger partial charge in [-0.2, -0.15) is 0 Å². The monoisotopic (exact) mass is 511 g/mol. The van der Waals surface area contributed by atoms with E-state index in [4.69, 9.17) is 5.73 Å². The van der Waals surface area contributed by atoms with Crippen LogP contribution in [0.2, 0.25) is 0 Å². The van der Waals surface area contributed by atoms with Crippen LogP contribution in [0.3, 0.4) is 0 Å². The van der Waals surface area contributed by atoms with Crippen LogP contribution in [0.15, 0.2) is 36.4 Å². The molecule has 3 amide bonds. The molecule has 0 unspecified atom stereocenters. The van der Waals surface area contributed by atoms with Gasteiger partial charge in [0.25, 0.3) is 5.91 Å². The van der Waals surface area contributed by atoms with Gasteiger partial charge in [0, 0.05) is 24.0 Å². The number of aromatic amines is 1. The molecule has 0 bridgehead atoms. The first kappa shape index (κ1) is 23.5. The molecule has 2 aliphatic heterocycles. The Hall–Kier alpha value is -3.86. The second-order valence-corrected chi connectivity index (χ2v) is 10.2. The van der Waals surface area contributed by atoms with Gasteiger partial charge >= 0.3 is 0 Å². The molecule has 1 aliphatic carbocycles. The van der Waals surface area contributed by atoms with Crippen molar-refractivity contribution in [2.24, 2.45) is 11.7 Å². The molecule has 6 rings (SSSR count). The van der Waals surface area contributed by atoms with Gasteiger partial charge < -0.3 is 26.3 Å². The van der Waals surface area contributed by atoms with Crippen LogP contribution in [0.5, 0.6) is 0 Å². The normalized spacial score (nSPS) is 23.4. The lowest BCUT2D eigenvalue weighted by Gasteiger charge is -2.28. The SMILES string of the molecule is N[C@@H]1C[C@@]2(CN1C(=O)[C@H](CC1CC1)NC(=O)c1cc3c(F)ccc(F)c3[nH]1)C(=O)Nc1ccc(F)cc12. The molecular formula is C26H24F3N5O3. The van der Waals surface area contributed by atoms with E-state index in [-0.39, 0.29) is 41.4 Å². The quantitative estimate of drug-likeness (QED) is 0.421. The number of hydrogen-bond donors (Lipinski definition) is 4. The lowest BCUT2D eigenvalue weighted by Crippen LogP contribution is -2.52. The van der Waals surface area contributed by atoms with E-state index in [0.29, 0.717) is 17.7 Å². The van der Waals surface area contributed by atoms with Crippen LogP contribution in [0.1, 0.15) is 41.7 Å². The number of halogens is 3. The number of carbonyl (C=O) groups is 3. The summed E-state index contributed by atoms with van der Waals surface area (Å²) in [7, 11) is 0. The zero-order valence-electron chi connectivity index (χ0n) is 19.6. The van der Waals surface area contributed by atoms with E-state index in [9.17, 15) is 27.6 Å². The number of nitrogens with two attached hydrogens (primary N) is 1. The first-order valence-electron chi connectivity index (χ1n) is 12.1. The Balaban J connectivity index is 1.26. The van der Waals surface area contributed by atoms with Crippen molar-refractivity contribution < 1.29 is 27.6 Å². The molecule has 3 aromatic rings. The van der Waals surface area contributed by atoms with Crippen molar-refractivity contribution in [3.8, 4) is 0 Å². The topological polar surface area (TPSA) is 120 Å². The van der Waals surface area contributed by atoms with Crippen molar-refractivity contribution in [2.45, 2.75) is 43.3 Å². The largest absolute Gasteiger partial charge is 0.348 e. The van der Waals surface area contributed by atoms with Crippen LogP contribution in [0.4, 0.5) is 18.9 Å². The third-order valence-corrected chi connectivity index (χ3v) is 7.67. The van der Waals surface area contributed by atoms with Gasteiger partial charge in [0.15, 0.2) is 0 Å². The standard InChI is InChI=1S/C26H24F3N5O3/c27-13-3-6-18-15(8-13)26(25(37)33-18)10-21(30)34(11-26)24(36)20(7-12-1-2-12)32-23(35)19-9-14-16(28)4-5-17(29)22(14)31-19/h3-6,8-9,12,20-21,31H,1-2,7,10-11,30H2,(H,32,35)(H,33,37)/t20-,21-,26-/m0/s1. The first-order valence-corrected chi connectivity index (χ1v) is 12.1. The van der Waals surface area contributed by atoms with Gasteiger partial charge in [-0.25, -0.2) is 13.2 Å². The van der Waals surface area contributed by atoms with Gasteiger partial charge in [-0.05, 0) is 54.3 Å². The summed E-state index contributed by atoms with van der Waals surface area (Å²) in [5, 5.41) is 5.38. The van der Waals surface area contributed by atoms with Gasteiger partial charge in [-0.3, -0.25) is 14.4 Å². The van der Waals surface area contributed by atoms with E-state index in [0.717, 1.165) is 25.0 Å². The number of nitrogens with one attached hydrogen (secondary N) is 3. The van der Waals surface area contributed by atoms with Crippen LogP contribution in [-0.2, 0) is 15.0 Å². The van der Waals surface area contributed by atoms with E-state index in [1.54, 1.807) is 0 Å². The molecule has 1 saturated carbocycles. The van der Waals surface area contributed by atoms with Crippen molar-refractivity contribution in [3.63, 3.8) is 0 Å². The number of amides is 3. The highest BCUT2D eigenvalue weighted by Gasteiger charge is 2.55. The lowest BCUT2D eigenvalue weighted by atomic mass is 9.80. The number of anilines is 1. The molecule has 3 atom stereocenters. The van der Waals surface area contributed by atoms with Crippen LogP contribution in [-0.4, -0.2) is 46.4 Å². The van der Waals surface area contributed by atoms with Gasteiger partial charge in [0.1, 0.15) is 29.2 Å². The molecule has 1 aromatic heterocycles. The van der Waals surface area contributed by atoms with E-state index in [2.05, 4.69) is 15.6 Å². The van der Waals surface area contributed by atoms with Crippen LogP contribution in [0.25, 0.3) is 10.9 Å². The Kier molecular flexibility index (Phi) is 5.30. The Morgan fingerprint density at radius 1 is 1.14 bits per heavy atom. The summed E-state index contributed by atoms with van der Waals surface area (Å²) in [6.07, 6.45) is 1.45. The molecule has 11 heteroatoms. The van der Waals surface area contributed by atoms with E-state index in [1.807, 2.05) is 0 Å². The van der Waals surface area contributed by atoms with E-state index in [1.165, 1.54) is 29.2 Å². The number of rotatable bonds is 5. The Morgan fingerprint density at radius 2 is 1.89 bits per heavy atom. The van der Waals surface area contributed by atoms with Crippen LogP contribution < -0.4 is 16.4 Å². The zero-order chi connectivity index (χ0) is 26.1. The molecule has 0 radical (unpaired) electrons. The molecule has 1 saturated heterocycles. The van der Waals surface area contributed by atoms with Crippen molar-refractivity contribution in [2.75, 3.05) is 11.9 Å². The molecule has 37 heavy (non-hydrogen) atoms. The van der Waals surface area contributed by atoms with Gasteiger partial charge in [0.2, 0.25) is 11.8 Å². The predicted octanol–water partition coefficient (Wildman–Crippen LogP) is 2.89. The minimum atomic E-state index is -1.19. The third-order valence-electron chi connectivity index (χ3n) is 7.67. The number of nitrogens with zero attached hydrogens (tertiary/aromatic N) is 1. The van der Waals surface area contributed by atoms with Crippen molar-refractivity contribution in [1.82, 2.24) is 15.2 Å². The summed E-state index contributed by atoms with van der Waals surface area (Å²) in [4.78, 5) is 43.7. The highest BCUT2D eigenvalue weighted by atomic mass is 19.1. The number of aromatic nitrogens is 1. The van der Waals surface area contributed by atoms with Crippen molar-refractivity contribution in [1.29, 1.82) is 0 Å². The second-order valence-electron chi connectivity index (χ2n) is 10.2. The number of likely N-dealkylation sites (tertiary alicyclic amines) is 1. The van der Waals surface area contributed by atoms with Crippen molar-refractivity contribution in [3.05, 3.63) is 65.1 Å². The third kappa shape index (κ3) is 3.85. The van der Waals surface area contributed by atoms with Crippen LogP contribution in [0, 0.1) is 23.4 Å². The average Bonchev–Trinajstić information content (AvgIpc) is 3.33. The number of fused-ring (bicyclic) bond motifs is 3. The summed E-state index contributed by atoms with van der Waals surface area (Å²) >= 11 is 0. The summed E-state index contributed by atoms with van der Waals surface area (Å²) in [6.45, 7) is -0.0604. The molecule has 5 N–H and O–H groups in total. The highest BCUT2D eigenvalue weighted by Crippen LogP contribution is 2.46. The number of hydrogen-bond acceptors (Lipinski definition) is 4. The molecule has 3 heterocycles. The summed E-state index contributed by atoms with van der Waals surface area (Å²) in [5.74, 6) is -3.16. The Bertz CT molecular complexity index is 1430. The van der Waals surface area contributed by atoms with Gasteiger partial charge in [-0.1, -0.05) is 12.8 Å². The van der Waals surface area contributed by atoms with Crippen molar-refractivity contribution >= 4 is 34.3 Å². The minimum Gasteiger partial charge on any atom is -0.348 e. The van der Waals surface area contributed by atoms with Gasteiger partial charge in [-0.15, -0.1) is 0 Å². The highest BCUT2D eigenvalue weighted by molar-refractivity contribution is 6.07. The average molecular weight is 512 g/mol. The van der Waals surface area contributed by atoms with E-state index < -0.39 is 46.9 Å². The first-order chi connectivity index (χ1) is 17.7.